The molecule has 1 atom stereocenters. The van der Waals surface area contributed by atoms with Gasteiger partial charge in [0.05, 0.1) is 5.69 Å². The Morgan fingerprint density at radius 1 is 0.975 bits per heavy atom. The molecule has 11 nitrogen and oxygen atoms in total. The number of nitrogens with one attached hydrogen (secondary N) is 1. The Morgan fingerprint density at radius 3 is 2.58 bits per heavy atom. The number of aromatic nitrogens is 5. The van der Waals surface area contributed by atoms with Gasteiger partial charge in [0.25, 0.3) is 5.91 Å². The highest BCUT2D eigenvalue weighted by Gasteiger charge is 2.36. The quantitative estimate of drug-likeness (QED) is 0.360. The van der Waals surface area contributed by atoms with Crippen molar-refractivity contribution in [3.05, 3.63) is 78.6 Å². The number of nitrogens with zero attached hydrogens (tertiary/aromatic N) is 6. The first-order valence-corrected chi connectivity index (χ1v) is 13.4. The number of rotatable bonds is 8. The minimum absolute atomic E-state index is 0.0478. The molecule has 11 heteroatoms. The molecule has 0 bridgehead atoms. The van der Waals surface area contributed by atoms with Crippen molar-refractivity contribution in [3.8, 4) is 22.9 Å². The van der Waals surface area contributed by atoms with Crippen LogP contribution < -0.4 is 19.7 Å². The second-order valence-electron chi connectivity index (χ2n) is 9.81. The number of fused-ring (bicyclic) bond motifs is 1. The van der Waals surface area contributed by atoms with E-state index >= 15 is 0 Å². The summed E-state index contributed by atoms with van der Waals surface area (Å²) in [4.78, 5) is 35.2. The summed E-state index contributed by atoms with van der Waals surface area (Å²) >= 11 is 0. The van der Waals surface area contributed by atoms with Gasteiger partial charge < -0.3 is 14.8 Å². The standard InChI is InChI=1S/C29H29N7O4/c37-26(18-35-33-28(32-34-35)20-9-3-1-4-10-20)36(22-14-15-24-25(17-22)40-19-39-24)27(23-13-7-8-16-30-23)29(38)31-21-11-5-2-6-12-21/h1,3-4,7-10,13-17,21,27H,2,5-6,11-12,18-19H2,(H,31,38)/t27-/m0/s1. The summed E-state index contributed by atoms with van der Waals surface area (Å²) < 4.78 is 11.1. The molecule has 2 aromatic carbocycles. The van der Waals surface area contributed by atoms with Gasteiger partial charge in [-0.2, -0.15) is 4.80 Å². The van der Waals surface area contributed by atoms with Crippen LogP contribution in [0.2, 0.25) is 0 Å². The van der Waals surface area contributed by atoms with Gasteiger partial charge in [-0.3, -0.25) is 19.5 Å². The molecule has 3 heterocycles. The van der Waals surface area contributed by atoms with E-state index in [1.807, 2.05) is 30.3 Å². The minimum Gasteiger partial charge on any atom is -0.454 e. The number of carbonyl (C=O) groups excluding carboxylic acids is 2. The van der Waals surface area contributed by atoms with Crippen LogP contribution in [-0.2, 0) is 16.1 Å². The second-order valence-corrected chi connectivity index (χ2v) is 9.81. The number of anilines is 1. The van der Waals surface area contributed by atoms with E-state index in [0.717, 1.165) is 37.7 Å². The lowest BCUT2D eigenvalue weighted by Gasteiger charge is -2.32. The molecule has 0 spiro atoms. The van der Waals surface area contributed by atoms with Crippen LogP contribution in [0.5, 0.6) is 11.5 Å². The molecule has 2 amide bonds. The zero-order valence-corrected chi connectivity index (χ0v) is 21.8. The number of pyridine rings is 1. The molecule has 0 radical (unpaired) electrons. The number of hydrogen-bond donors (Lipinski definition) is 1. The van der Waals surface area contributed by atoms with Crippen LogP contribution in [0.4, 0.5) is 5.69 Å². The van der Waals surface area contributed by atoms with E-state index in [0.29, 0.717) is 28.7 Å². The van der Waals surface area contributed by atoms with Crippen LogP contribution in [0, 0.1) is 0 Å². The maximum Gasteiger partial charge on any atom is 0.251 e. The third-order valence-electron chi connectivity index (χ3n) is 7.09. The van der Waals surface area contributed by atoms with Crippen molar-refractivity contribution in [2.75, 3.05) is 11.7 Å². The van der Waals surface area contributed by atoms with Crippen molar-refractivity contribution in [2.24, 2.45) is 0 Å². The third kappa shape index (κ3) is 5.49. The SMILES string of the molecule is O=C(NC1CCCCC1)[C@H](c1ccccn1)N(C(=O)Cn1nnc(-c2ccccc2)n1)c1ccc2c(c1)OCO2. The lowest BCUT2D eigenvalue weighted by molar-refractivity contribution is -0.127. The Morgan fingerprint density at radius 2 is 1.77 bits per heavy atom. The second kappa shape index (κ2) is 11.5. The first-order chi connectivity index (χ1) is 19.7. The van der Waals surface area contributed by atoms with Gasteiger partial charge in [0.1, 0.15) is 6.54 Å². The van der Waals surface area contributed by atoms with Crippen LogP contribution >= 0.6 is 0 Å². The van der Waals surface area contributed by atoms with Crippen molar-refractivity contribution in [1.29, 1.82) is 0 Å². The van der Waals surface area contributed by atoms with Gasteiger partial charge in [-0.1, -0.05) is 55.7 Å². The van der Waals surface area contributed by atoms with E-state index in [9.17, 15) is 9.59 Å². The fraction of sp³-hybridized carbons (Fsp3) is 0.310. The van der Waals surface area contributed by atoms with Crippen LogP contribution in [0.15, 0.2) is 72.9 Å². The average Bonchev–Trinajstić information content (AvgIpc) is 3.66. The first kappa shape index (κ1) is 25.5. The summed E-state index contributed by atoms with van der Waals surface area (Å²) in [6, 6.07) is 18.9. The number of carbonyl (C=O) groups is 2. The Labute approximate surface area is 231 Å². The molecular weight excluding hydrogens is 510 g/mol. The van der Waals surface area contributed by atoms with Gasteiger partial charge in [0.2, 0.25) is 18.5 Å². The van der Waals surface area contributed by atoms with E-state index in [1.165, 1.54) is 9.70 Å². The largest absolute Gasteiger partial charge is 0.454 e. The Balaban J connectivity index is 1.36. The van der Waals surface area contributed by atoms with Crippen LogP contribution in [-0.4, -0.2) is 49.8 Å². The molecule has 1 aliphatic heterocycles. The predicted octanol–water partition coefficient (Wildman–Crippen LogP) is 3.69. The first-order valence-electron chi connectivity index (χ1n) is 13.4. The zero-order chi connectivity index (χ0) is 27.3. The number of hydrogen-bond acceptors (Lipinski definition) is 8. The van der Waals surface area contributed by atoms with Gasteiger partial charge in [-0.15, -0.1) is 10.2 Å². The van der Waals surface area contributed by atoms with Gasteiger partial charge in [0, 0.05) is 29.6 Å². The normalized spacial score (nSPS) is 15.4. The summed E-state index contributed by atoms with van der Waals surface area (Å²) in [6.07, 6.45) is 6.71. The molecule has 1 N–H and O–H groups in total. The number of amides is 2. The molecule has 6 rings (SSSR count). The zero-order valence-electron chi connectivity index (χ0n) is 21.8. The molecule has 2 aliphatic rings. The van der Waals surface area contributed by atoms with Gasteiger partial charge in [0.15, 0.2) is 17.5 Å². The smallest absolute Gasteiger partial charge is 0.251 e. The molecule has 40 heavy (non-hydrogen) atoms. The Kier molecular flexibility index (Phi) is 7.34. The molecule has 2 aromatic heterocycles. The maximum atomic E-state index is 14.1. The molecule has 0 unspecified atom stereocenters. The molecule has 0 saturated heterocycles. The number of benzene rings is 2. The lowest BCUT2D eigenvalue weighted by Crippen LogP contribution is -2.48. The van der Waals surface area contributed by atoms with Crippen molar-refractivity contribution >= 4 is 17.5 Å². The third-order valence-corrected chi connectivity index (χ3v) is 7.09. The van der Waals surface area contributed by atoms with Crippen molar-refractivity contribution in [3.63, 3.8) is 0 Å². The molecule has 204 valence electrons. The molecule has 1 fully saturated rings. The Bertz CT molecular complexity index is 1470. The van der Waals surface area contributed by atoms with E-state index < -0.39 is 11.9 Å². The van der Waals surface area contributed by atoms with Crippen molar-refractivity contribution in [2.45, 2.75) is 50.7 Å². The summed E-state index contributed by atoms with van der Waals surface area (Å²) in [5.41, 5.74) is 1.69. The van der Waals surface area contributed by atoms with Crippen LogP contribution in [0.3, 0.4) is 0 Å². The molecule has 1 saturated carbocycles. The van der Waals surface area contributed by atoms with Crippen molar-refractivity contribution < 1.29 is 19.1 Å². The summed E-state index contributed by atoms with van der Waals surface area (Å²) in [7, 11) is 0. The van der Waals surface area contributed by atoms with E-state index in [4.69, 9.17) is 9.47 Å². The fourth-order valence-corrected chi connectivity index (χ4v) is 5.13. The van der Waals surface area contributed by atoms with E-state index in [1.54, 1.807) is 42.6 Å². The average molecular weight is 540 g/mol. The Hall–Kier alpha value is -4.80. The highest BCUT2D eigenvalue weighted by Crippen LogP contribution is 2.38. The summed E-state index contributed by atoms with van der Waals surface area (Å²) in [5.74, 6) is 0.758. The molecular formula is C29H29N7O4. The van der Waals surface area contributed by atoms with Gasteiger partial charge >= 0.3 is 0 Å². The van der Waals surface area contributed by atoms with Gasteiger partial charge in [-0.25, -0.2) is 0 Å². The van der Waals surface area contributed by atoms with E-state index in [-0.39, 0.29) is 25.3 Å². The lowest BCUT2D eigenvalue weighted by atomic mass is 9.95. The number of ether oxygens (including phenoxy) is 2. The molecule has 1 aliphatic carbocycles. The van der Waals surface area contributed by atoms with Crippen LogP contribution in [0.25, 0.3) is 11.4 Å². The maximum absolute atomic E-state index is 14.1. The monoisotopic (exact) mass is 539 g/mol. The van der Waals surface area contributed by atoms with E-state index in [2.05, 4.69) is 25.7 Å². The predicted molar refractivity (Wildman–Crippen MR) is 145 cm³/mol. The summed E-state index contributed by atoms with van der Waals surface area (Å²) in [5, 5.41) is 15.8. The fourth-order valence-electron chi connectivity index (χ4n) is 5.13. The minimum atomic E-state index is -1.03. The van der Waals surface area contributed by atoms with Crippen LogP contribution in [0.1, 0.15) is 43.8 Å². The topological polar surface area (TPSA) is 124 Å². The molecule has 4 aromatic rings. The summed E-state index contributed by atoms with van der Waals surface area (Å²) in [6.45, 7) is -0.155. The highest BCUT2D eigenvalue weighted by molar-refractivity contribution is 6.01. The number of tetrazole rings is 1. The van der Waals surface area contributed by atoms with Crippen molar-refractivity contribution in [1.82, 2.24) is 30.5 Å². The highest BCUT2D eigenvalue weighted by atomic mass is 16.7. The van der Waals surface area contributed by atoms with Gasteiger partial charge in [-0.05, 0) is 42.3 Å².